The minimum absolute atomic E-state index is 0.173. The average molecular weight is 621 g/mol. The molecule has 1 nitrogen and oxygen atoms in total. The Hall–Kier alpha value is -4.41. The number of rotatable bonds is 2. The van der Waals surface area contributed by atoms with E-state index in [1.54, 1.807) is 0 Å². The molecule has 0 aliphatic carbocycles. The number of halogens is 1. The predicted molar refractivity (Wildman–Crippen MR) is 165 cm³/mol. The van der Waals surface area contributed by atoms with Crippen LogP contribution in [-0.4, -0.2) is 4.98 Å². The van der Waals surface area contributed by atoms with Gasteiger partial charge >= 0.3 is 196 Å². The molecule has 0 bridgehead atoms. The monoisotopic (exact) mass is 620 g/mol. The van der Waals surface area contributed by atoms with Crippen molar-refractivity contribution in [2.45, 2.75) is 0 Å². The van der Waals surface area contributed by atoms with Crippen LogP contribution in [0.25, 0.3) is 76.6 Å². The molecule has 1 aliphatic rings. The number of fused-ring (bicyclic) bond motifs is 11. The fraction of sp³-hybridized carbons (Fsp3) is 0. The molecule has 1 aromatic heterocycles. The summed E-state index contributed by atoms with van der Waals surface area (Å²) in [6.45, 7) is 0. The summed E-state index contributed by atoms with van der Waals surface area (Å²) in [6.07, 6.45) is 0. The Balaban J connectivity index is 1.19. The standard InChI is InChI=1S/C38H23IN/c1-2-12-29-27(10-1)28-11-3-4-13-30(28)33-21-25(16-18-31(29)33)23-8-7-9-24(20-23)26-17-19-35-34(22-26)37-32-14-5-6-15-36(32)40-38(37)39-35/h1-22,40H/q-1. The molecule has 1 N–H and O–H groups in total. The number of nitrogens with one attached hydrogen (secondary N) is 1. The maximum absolute atomic E-state index is 3.70. The molecular formula is C38H23IN-. The van der Waals surface area contributed by atoms with Crippen LogP contribution < -0.4 is 21.2 Å². The van der Waals surface area contributed by atoms with Gasteiger partial charge in [0.25, 0.3) is 0 Å². The van der Waals surface area contributed by atoms with Crippen molar-refractivity contribution in [1.82, 2.24) is 4.98 Å². The van der Waals surface area contributed by atoms with Crippen molar-refractivity contribution in [2.24, 2.45) is 0 Å². The van der Waals surface area contributed by atoms with Crippen LogP contribution in [0.15, 0.2) is 133 Å². The number of aromatic amines is 1. The van der Waals surface area contributed by atoms with Crippen molar-refractivity contribution in [1.29, 1.82) is 0 Å². The Morgan fingerprint density at radius 3 is 1.68 bits per heavy atom. The first-order chi connectivity index (χ1) is 19.8. The SMILES string of the molecule is c1cc(-c2ccc3c(c2)-c2c([nH]c4ccccc24)[I-]3)cc(-c2ccc3c4ccccc4c4ccccc4c3c2)c1. The first-order valence-electron chi connectivity index (χ1n) is 13.7. The topological polar surface area (TPSA) is 15.8 Å². The van der Waals surface area contributed by atoms with E-state index in [1.807, 2.05) is 0 Å². The van der Waals surface area contributed by atoms with Crippen LogP contribution in [-0.2, 0) is 0 Å². The van der Waals surface area contributed by atoms with E-state index in [0.717, 1.165) is 0 Å². The fourth-order valence-corrected chi connectivity index (χ4v) is 9.42. The van der Waals surface area contributed by atoms with E-state index in [4.69, 9.17) is 0 Å². The first kappa shape index (κ1) is 22.4. The number of benzene rings is 7. The molecule has 188 valence electrons. The Bertz CT molecular complexity index is 2270. The molecule has 9 rings (SSSR count). The second kappa shape index (κ2) is 8.54. The summed E-state index contributed by atoms with van der Waals surface area (Å²) in [5, 5.41) is 9.22. The van der Waals surface area contributed by atoms with Gasteiger partial charge in [-0.3, -0.25) is 0 Å². The molecule has 2 heterocycles. The summed E-state index contributed by atoms with van der Waals surface area (Å²) in [5.74, 6) is 0. The molecule has 0 fully saturated rings. The summed E-state index contributed by atoms with van der Waals surface area (Å²) in [4.78, 5) is 3.70. The Morgan fingerprint density at radius 2 is 0.950 bits per heavy atom. The Morgan fingerprint density at radius 1 is 0.400 bits per heavy atom. The molecular weight excluding hydrogens is 597 g/mol. The first-order valence-corrected chi connectivity index (χ1v) is 15.8. The van der Waals surface area contributed by atoms with E-state index in [1.165, 1.54) is 83.9 Å². The van der Waals surface area contributed by atoms with Crippen LogP contribution >= 0.6 is 0 Å². The Labute approximate surface area is 242 Å². The van der Waals surface area contributed by atoms with Gasteiger partial charge in [0.05, 0.1) is 0 Å². The van der Waals surface area contributed by atoms with Crippen molar-refractivity contribution < 1.29 is 21.2 Å². The van der Waals surface area contributed by atoms with Crippen LogP contribution in [0.1, 0.15) is 0 Å². The molecule has 0 saturated carbocycles. The van der Waals surface area contributed by atoms with Gasteiger partial charge in [0.15, 0.2) is 0 Å². The van der Waals surface area contributed by atoms with Gasteiger partial charge in [-0.15, -0.1) is 0 Å². The number of H-pyrrole nitrogens is 1. The summed E-state index contributed by atoms with van der Waals surface area (Å²) in [6, 6.07) is 49.4. The molecule has 0 atom stereocenters. The van der Waals surface area contributed by atoms with E-state index in [2.05, 4.69) is 138 Å². The van der Waals surface area contributed by atoms with Gasteiger partial charge in [-0.25, -0.2) is 0 Å². The van der Waals surface area contributed by atoms with E-state index in [-0.39, 0.29) is 21.2 Å². The molecule has 0 radical (unpaired) electrons. The van der Waals surface area contributed by atoms with Crippen LogP contribution in [0.5, 0.6) is 0 Å². The Kier molecular flexibility index (Phi) is 4.79. The second-order valence-corrected chi connectivity index (χ2v) is 13.4. The second-order valence-electron chi connectivity index (χ2n) is 10.6. The zero-order valence-corrected chi connectivity index (χ0v) is 23.7. The van der Waals surface area contributed by atoms with Crippen LogP contribution in [0.3, 0.4) is 0 Å². The average Bonchev–Trinajstić information content (AvgIpc) is 3.57. The number of hydrogen-bond donors (Lipinski definition) is 1. The van der Waals surface area contributed by atoms with Gasteiger partial charge in [-0.05, 0) is 5.39 Å². The van der Waals surface area contributed by atoms with Gasteiger partial charge in [0, 0.05) is 0 Å². The third-order valence-electron chi connectivity index (χ3n) is 8.37. The molecule has 7 aromatic carbocycles. The molecule has 8 aromatic rings. The van der Waals surface area contributed by atoms with Gasteiger partial charge < -0.3 is 0 Å². The number of para-hydroxylation sites is 1. The third kappa shape index (κ3) is 3.26. The van der Waals surface area contributed by atoms with E-state index < -0.39 is 0 Å². The molecule has 40 heavy (non-hydrogen) atoms. The third-order valence-corrected chi connectivity index (χ3v) is 11.2. The van der Waals surface area contributed by atoms with Crippen LogP contribution in [0.2, 0.25) is 0 Å². The zero-order valence-electron chi connectivity index (χ0n) is 21.6. The van der Waals surface area contributed by atoms with Crippen LogP contribution in [0.4, 0.5) is 0 Å². The summed E-state index contributed by atoms with van der Waals surface area (Å²) in [5.41, 5.74) is 9.12. The van der Waals surface area contributed by atoms with Crippen molar-refractivity contribution in [3.63, 3.8) is 0 Å². The van der Waals surface area contributed by atoms with Gasteiger partial charge in [0.1, 0.15) is 0 Å². The predicted octanol–water partition coefficient (Wildman–Crippen LogP) is 7.07. The van der Waals surface area contributed by atoms with Crippen molar-refractivity contribution in [3.05, 3.63) is 141 Å². The molecule has 0 saturated heterocycles. The fourth-order valence-electron chi connectivity index (χ4n) is 6.49. The van der Waals surface area contributed by atoms with Crippen molar-refractivity contribution in [3.8, 4) is 33.4 Å². The summed E-state index contributed by atoms with van der Waals surface area (Å²) < 4.78 is 2.95. The molecule has 1 aliphatic heterocycles. The number of hydrogen-bond acceptors (Lipinski definition) is 0. The van der Waals surface area contributed by atoms with Crippen molar-refractivity contribution >= 4 is 43.2 Å². The van der Waals surface area contributed by atoms with E-state index >= 15 is 0 Å². The number of aromatic nitrogens is 1. The van der Waals surface area contributed by atoms with Crippen LogP contribution in [0, 0.1) is 7.27 Å². The van der Waals surface area contributed by atoms with Gasteiger partial charge in [0.2, 0.25) is 0 Å². The zero-order chi connectivity index (χ0) is 26.2. The molecule has 0 unspecified atom stereocenters. The minimum atomic E-state index is -0.173. The van der Waals surface area contributed by atoms with Crippen molar-refractivity contribution in [2.75, 3.05) is 0 Å². The molecule has 2 heteroatoms. The molecule has 0 spiro atoms. The molecule has 0 amide bonds. The van der Waals surface area contributed by atoms with E-state index in [0.29, 0.717) is 0 Å². The summed E-state index contributed by atoms with van der Waals surface area (Å²) in [7, 11) is 0. The normalized spacial score (nSPS) is 12.6. The summed E-state index contributed by atoms with van der Waals surface area (Å²) >= 11 is -0.173. The van der Waals surface area contributed by atoms with E-state index in [9.17, 15) is 0 Å². The maximum atomic E-state index is 3.70. The van der Waals surface area contributed by atoms with Gasteiger partial charge in [-0.1, -0.05) is 42.5 Å². The quantitative estimate of drug-likeness (QED) is 0.157. The van der Waals surface area contributed by atoms with Gasteiger partial charge in [-0.2, -0.15) is 0 Å².